The summed E-state index contributed by atoms with van der Waals surface area (Å²) in [7, 11) is 2.06. The topological polar surface area (TPSA) is 36.4 Å². The second-order valence-electron chi connectivity index (χ2n) is 7.24. The smallest absolute Gasteiger partial charge is 0.202 e. The van der Waals surface area contributed by atoms with Crippen molar-refractivity contribution in [3.05, 3.63) is 40.4 Å². The molecule has 4 rings (SSSR count). The van der Waals surface area contributed by atoms with Gasteiger partial charge in [0, 0.05) is 31.4 Å². The first-order valence-electron chi connectivity index (χ1n) is 9.38. The quantitative estimate of drug-likeness (QED) is 0.806. The highest BCUT2D eigenvalue weighted by Crippen LogP contribution is 2.38. The number of hydrogen-bond acceptors (Lipinski definition) is 3. The fourth-order valence-corrected chi connectivity index (χ4v) is 4.16. The maximum absolute atomic E-state index is 5.63. The molecule has 2 heterocycles. The first kappa shape index (κ1) is 16.8. The van der Waals surface area contributed by atoms with Gasteiger partial charge in [-0.2, -0.15) is 9.78 Å². The molecule has 0 bridgehead atoms. The van der Waals surface area contributed by atoms with Gasteiger partial charge in [0.25, 0.3) is 0 Å². The van der Waals surface area contributed by atoms with Gasteiger partial charge < -0.3 is 14.2 Å². The summed E-state index contributed by atoms with van der Waals surface area (Å²) in [6, 6.07) is 9.13. The summed E-state index contributed by atoms with van der Waals surface area (Å²) in [5.41, 5.74) is 1.39. The van der Waals surface area contributed by atoms with Crippen molar-refractivity contribution >= 4 is 12.2 Å². The summed E-state index contributed by atoms with van der Waals surface area (Å²) >= 11 is 5.63. The lowest BCUT2D eigenvalue weighted by molar-refractivity contribution is -0.941. The molecule has 1 aliphatic carbocycles. The minimum Gasteiger partial charge on any atom is -0.494 e. The van der Waals surface area contributed by atoms with Crippen molar-refractivity contribution < 1.29 is 9.64 Å². The molecule has 0 radical (unpaired) electrons. The molecule has 0 spiro atoms. The molecule has 1 unspecified atom stereocenters. The average molecular weight is 360 g/mol. The second kappa shape index (κ2) is 6.92. The van der Waals surface area contributed by atoms with Crippen molar-refractivity contribution in [2.75, 3.05) is 13.2 Å². The Morgan fingerprint density at radius 3 is 2.68 bits per heavy atom. The summed E-state index contributed by atoms with van der Waals surface area (Å²) in [6.45, 7) is 4.76. The van der Waals surface area contributed by atoms with E-state index in [1.54, 1.807) is 4.90 Å². The Hall–Kier alpha value is -1.66. The Bertz CT molecular complexity index is 791. The van der Waals surface area contributed by atoms with Gasteiger partial charge in [-0.15, -0.1) is 0 Å². The first-order valence-corrected chi connectivity index (χ1v) is 9.79. The molecule has 2 aliphatic rings. The molecule has 2 aromatic rings. The van der Waals surface area contributed by atoms with E-state index in [0.717, 1.165) is 17.2 Å². The van der Waals surface area contributed by atoms with Crippen LogP contribution in [-0.4, -0.2) is 27.5 Å². The van der Waals surface area contributed by atoms with E-state index >= 15 is 0 Å². The van der Waals surface area contributed by atoms with Crippen LogP contribution in [0.5, 0.6) is 5.75 Å². The van der Waals surface area contributed by atoms with Crippen molar-refractivity contribution in [2.24, 2.45) is 7.05 Å². The molecule has 2 fully saturated rings. The zero-order chi connectivity index (χ0) is 17.4. The minimum atomic E-state index is 0.518. The van der Waals surface area contributed by atoms with E-state index in [4.69, 9.17) is 22.1 Å². The molecule has 2 atom stereocenters. The molecule has 1 aliphatic heterocycles. The van der Waals surface area contributed by atoms with E-state index in [9.17, 15) is 0 Å². The number of rotatable bonds is 6. The first-order chi connectivity index (χ1) is 12.2. The molecule has 1 aromatic heterocycles. The summed E-state index contributed by atoms with van der Waals surface area (Å²) in [5, 5.41) is 4.84. The SMILES string of the molecule is CCOc1ccc([C@@H]2CCC[NH+]2Cn2nc(C3CC3)n(C)c2=S)cc1. The summed E-state index contributed by atoms with van der Waals surface area (Å²) in [6.07, 6.45) is 4.98. The molecular weight excluding hydrogens is 332 g/mol. The van der Waals surface area contributed by atoms with Crippen LogP contribution in [0.2, 0.25) is 0 Å². The molecule has 0 amide bonds. The highest BCUT2D eigenvalue weighted by atomic mass is 32.1. The monoisotopic (exact) mass is 359 g/mol. The number of likely N-dealkylation sites (tertiary alicyclic amines) is 1. The van der Waals surface area contributed by atoms with E-state index in [1.807, 2.05) is 11.6 Å². The maximum Gasteiger partial charge on any atom is 0.202 e. The van der Waals surface area contributed by atoms with Crippen LogP contribution in [0.25, 0.3) is 0 Å². The van der Waals surface area contributed by atoms with Gasteiger partial charge in [-0.1, -0.05) is 0 Å². The zero-order valence-electron chi connectivity index (χ0n) is 15.1. The predicted octanol–water partition coefficient (Wildman–Crippen LogP) is 2.60. The fraction of sp³-hybridized carbons (Fsp3) is 0.579. The van der Waals surface area contributed by atoms with Crippen LogP contribution in [0.4, 0.5) is 0 Å². The molecular formula is C19H27N4OS+. The lowest BCUT2D eigenvalue weighted by Gasteiger charge is -2.21. The van der Waals surface area contributed by atoms with Crippen molar-refractivity contribution in [2.45, 2.75) is 51.2 Å². The van der Waals surface area contributed by atoms with Gasteiger partial charge >= 0.3 is 0 Å². The number of benzene rings is 1. The lowest BCUT2D eigenvalue weighted by Crippen LogP contribution is -3.09. The molecule has 1 aromatic carbocycles. The highest BCUT2D eigenvalue weighted by molar-refractivity contribution is 7.71. The largest absolute Gasteiger partial charge is 0.494 e. The Morgan fingerprint density at radius 2 is 2.00 bits per heavy atom. The van der Waals surface area contributed by atoms with Crippen LogP contribution >= 0.6 is 12.2 Å². The van der Waals surface area contributed by atoms with Crippen molar-refractivity contribution in [1.82, 2.24) is 14.3 Å². The third kappa shape index (κ3) is 3.37. The summed E-state index contributed by atoms with van der Waals surface area (Å²) in [4.78, 5) is 1.56. The van der Waals surface area contributed by atoms with Crippen molar-refractivity contribution in [1.29, 1.82) is 0 Å². The van der Waals surface area contributed by atoms with Gasteiger partial charge in [-0.05, 0) is 56.2 Å². The van der Waals surface area contributed by atoms with E-state index in [2.05, 4.69) is 35.9 Å². The number of aromatic nitrogens is 3. The van der Waals surface area contributed by atoms with Gasteiger partial charge in [0.15, 0.2) is 6.67 Å². The normalized spacial score (nSPS) is 23.1. The zero-order valence-corrected chi connectivity index (χ0v) is 15.9. The van der Waals surface area contributed by atoms with Gasteiger partial charge in [0.05, 0.1) is 13.2 Å². The number of nitrogens with zero attached hydrogens (tertiary/aromatic N) is 3. The molecule has 1 saturated heterocycles. The molecule has 1 saturated carbocycles. The molecule has 1 N–H and O–H groups in total. The van der Waals surface area contributed by atoms with Gasteiger partial charge in [-0.3, -0.25) is 0 Å². The number of ether oxygens (including phenoxy) is 1. The van der Waals surface area contributed by atoms with E-state index in [1.165, 1.54) is 43.6 Å². The van der Waals surface area contributed by atoms with Crippen molar-refractivity contribution in [3.63, 3.8) is 0 Å². The van der Waals surface area contributed by atoms with Crippen LogP contribution in [-0.2, 0) is 13.7 Å². The Kier molecular flexibility index (Phi) is 4.65. The standard InChI is InChI=1S/C19H26N4OS/c1-3-24-16-10-8-14(9-11-16)17-5-4-12-22(17)13-23-19(25)21(2)18(20-23)15-6-7-15/h8-11,15,17H,3-7,12-13H2,1-2H3/p+1/t17-/m0/s1. The second-order valence-corrected chi connectivity index (χ2v) is 7.60. The van der Waals surface area contributed by atoms with Crippen LogP contribution in [0.1, 0.15) is 56.0 Å². The Labute approximate surface area is 154 Å². The van der Waals surface area contributed by atoms with Gasteiger partial charge in [-0.25, -0.2) is 0 Å². The summed E-state index contributed by atoms with van der Waals surface area (Å²) < 4.78 is 10.6. The predicted molar refractivity (Wildman–Crippen MR) is 99.4 cm³/mol. The lowest BCUT2D eigenvalue weighted by atomic mass is 10.0. The average Bonchev–Trinajstić information content (AvgIpc) is 3.30. The van der Waals surface area contributed by atoms with E-state index in [-0.39, 0.29) is 0 Å². The third-order valence-electron chi connectivity index (χ3n) is 5.45. The van der Waals surface area contributed by atoms with Crippen LogP contribution < -0.4 is 9.64 Å². The van der Waals surface area contributed by atoms with Gasteiger partial charge in [0.1, 0.15) is 17.6 Å². The van der Waals surface area contributed by atoms with E-state index in [0.29, 0.717) is 18.6 Å². The Morgan fingerprint density at radius 1 is 1.24 bits per heavy atom. The molecule has 134 valence electrons. The van der Waals surface area contributed by atoms with Gasteiger partial charge in [0.2, 0.25) is 4.77 Å². The molecule has 25 heavy (non-hydrogen) atoms. The fourth-order valence-electron chi connectivity index (χ4n) is 3.96. The van der Waals surface area contributed by atoms with Crippen LogP contribution in [0.15, 0.2) is 24.3 Å². The molecule has 6 heteroatoms. The minimum absolute atomic E-state index is 0.518. The summed E-state index contributed by atoms with van der Waals surface area (Å²) in [5.74, 6) is 2.75. The number of nitrogens with one attached hydrogen (secondary N) is 1. The van der Waals surface area contributed by atoms with Crippen molar-refractivity contribution in [3.8, 4) is 5.75 Å². The van der Waals surface area contributed by atoms with Crippen LogP contribution in [0.3, 0.4) is 0 Å². The molecule has 5 nitrogen and oxygen atoms in total. The van der Waals surface area contributed by atoms with Crippen LogP contribution in [0, 0.1) is 4.77 Å². The van der Waals surface area contributed by atoms with E-state index < -0.39 is 0 Å². The Balaban J connectivity index is 1.52. The highest BCUT2D eigenvalue weighted by Gasteiger charge is 2.33. The number of hydrogen-bond donors (Lipinski definition) is 1. The third-order valence-corrected chi connectivity index (χ3v) is 5.93. The maximum atomic E-state index is 5.63. The number of quaternary nitrogens is 1.